The highest BCUT2D eigenvalue weighted by Gasteiger charge is 2.32. The van der Waals surface area contributed by atoms with Gasteiger partial charge >= 0.3 is 0 Å². The number of nitrogens with zero attached hydrogens (tertiary/aromatic N) is 3. The first-order valence-corrected chi connectivity index (χ1v) is 16.4. The Kier molecular flexibility index (Phi) is 6.66. The van der Waals surface area contributed by atoms with Crippen LogP contribution in [-0.2, 0) is 4.57 Å². The van der Waals surface area contributed by atoms with Crippen molar-refractivity contribution >= 4 is 45.0 Å². The third-order valence-corrected chi connectivity index (χ3v) is 11.0. The molecular formula is C39H26N3O2P. The molecule has 6 heteroatoms. The fraction of sp³-hybridized carbons (Fsp3) is 0. The van der Waals surface area contributed by atoms with Gasteiger partial charge < -0.3 is 8.98 Å². The summed E-state index contributed by atoms with van der Waals surface area (Å²) in [6.07, 6.45) is 0. The lowest BCUT2D eigenvalue weighted by Gasteiger charge is -2.21. The third-order valence-electron chi connectivity index (χ3n) is 8.01. The maximum absolute atomic E-state index is 15.5. The first-order valence-electron chi connectivity index (χ1n) is 14.7. The predicted molar refractivity (Wildman–Crippen MR) is 183 cm³/mol. The van der Waals surface area contributed by atoms with Crippen molar-refractivity contribution in [2.45, 2.75) is 0 Å². The van der Waals surface area contributed by atoms with E-state index in [1.165, 1.54) is 0 Å². The van der Waals surface area contributed by atoms with Gasteiger partial charge in [0.25, 0.3) is 0 Å². The summed E-state index contributed by atoms with van der Waals surface area (Å²) >= 11 is 0. The summed E-state index contributed by atoms with van der Waals surface area (Å²) in [5.74, 6) is 1.59. The summed E-state index contributed by atoms with van der Waals surface area (Å²) in [7, 11) is -3.34. The van der Waals surface area contributed by atoms with E-state index in [1.54, 1.807) is 0 Å². The number of hydrogen-bond donors (Lipinski definition) is 0. The summed E-state index contributed by atoms with van der Waals surface area (Å²) < 4.78 is 22.0. The Labute approximate surface area is 260 Å². The predicted octanol–water partition coefficient (Wildman–Crippen LogP) is 8.41. The van der Waals surface area contributed by atoms with Crippen LogP contribution in [0.25, 0.3) is 56.1 Å². The van der Waals surface area contributed by atoms with Gasteiger partial charge in [0, 0.05) is 43.4 Å². The fourth-order valence-electron chi connectivity index (χ4n) is 5.85. The van der Waals surface area contributed by atoms with Gasteiger partial charge in [-0.3, -0.25) is 0 Å². The number of rotatable bonds is 6. The zero-order chi connectivity index (χ0) is 30.2. The molecule has 0 amide bonds. The fourth-order valence-corrected chi connectivity index (χ4v) is 8.54. The van der Waals surface area contributed by atoms with Crippen molar-refractivity contribution in [3.63, 3.8) is 0 Å². The third kappa shape index (κ3) is 4.75. The Bertz CT molecular complexity index is 2240. The SMILES string of the molecule is O=P(c1ccccc1)(c1ccccc1)c1cc(-c2nc(-c3ccccc3)nc(-c3ccccc3)n2)c2c(c1)oc1ccccc12. The van der Waals surface area contributed by atoms with E-state index in [2.05, 4.69) is 0 Å². The second-order valence-electron chi connectivity index (χ2n) is 10.8. The Morgan fingerprint density at radius 1 is 0.444 bits per heavy atom. The van der Waals surface area contributed by atoms with Crippen molar-refractivity contribution in [2.75, 3.05) is 0 Å². The molecule has 6 aromatic carbocycles. The normalized spacial score (nSPS) is 11.6. The number of benzene rings is 6. The molecule has 45 heavy (non-hydrogen) atoms. The maximum Gasteiger partial charge on any atom is 0.171 e. The first kappa shape index (κ1) is 26.9. The van der Waals surface area contributed by atoms with E-state index in [1.807, 2.05) is 158 Å². The number of fused-ring (bicyclic) bond motifs is 3. The maximum atomic E-state index is 15.5. The van der Waals surface area contributed by atoms with E-state index >= 15 is 4.57 Å². The largest absolute Gasteiger partial charge is 0.456 e. The minimum atomic E-state index is -3.34. The molecule has 8 aromatic rings. The molecule has 0 radical (unpaired) electrons. The minimum Gasteiger partial charge on any atom is -0.456 e. The molecule has 0 atom stereocenters. The van der Waals surface area contributed by atoms with Gasteiger partial charge in [0.05, 0.1) is 0 Å². The van der Waals surface area contributed by atoms with Crippen LogP contribution in [-0.4, -0.2) is 15.0 Å². The van der Waals surface area contributed by atoms with Gasteiger partial charge in [0.15, 0.2) is 24.6 Å². The van der Waals surface area contributed by atoms with Crippen LogP contribution in [0.3, 0.4) is 0 Å². The van der Waals surface area contributed by atoms with Crippen LogP contribution >= 0.6 is 7.14 Å². The van der Waals surface area contributed by atoms with Gasteiger partial charge in [-0.25, -0.2) is 15.0 Å². The Hall–Kier alpha value is -5.64. The highest BCUT2D eigenvalue weighted by atomic mass is 31.2. The van der Waals surface area contributed by atoms with Crippen LogP contribution < -0.4 is 15.9 Å². The van der Waals surface area contributed by atoms with Crippen LogP contribution in [0.15, 0.2) is 162 Å². The van der Waals surface area contributed by atoms with Gasteiger partial charge in [0.2, 0.25) is 0 Å². The molecule has 0 bridgehead atoms. The molecule has 0 spiro atoms. The standard InChI is InChI=1S/C39H26N3O2P/c43-45(29-19-9-3-10-20-29,30-21-11-4-12-22-30)31-25-33(36-32-23-13-14-24-34(32)44-35(36)26-31)39-41-37(27-15-5-1-6-16-27)40-38(42-39)28-17-7-2-8-18-28/h1-26H. The molecule has 0 aliphatic rings. The lowest BCUT2D eigenvalue weighted by atomic mass is 10.1. The lowest BCUT2D eigenvalue weighted by molar-refractivity contribution is 0.592. The zero-order valence-corrected chi connectivity index (χ0v) is 25.0. The van der Waals surface area contributed by atoms with Gasteiger partial charge in [-0.1, -0.05) is 140 Å². The van der Waals surface area contributed by atoms with E-state index in [0.717, 1.165) is 43.7 Å². The van der Waals surface area contributed by atoms with Crippen LogP contribution in [0.4, 0.5) is 0 Å². The van der Waals surface area contributed by atoms with Crippen molar-refractivity contribution in [2.24, 2.45) is 0 Å². The van der Waals surface area contributed by atoms with E-state index in [9.17, 15) is 0 Å². The summed E-state index contributed by atoms with van der Waals surface area (Å²) in [4.78, 5) is 15.0. The second-order valence-corrected chi connectivity index (χ2v) is 13.6. The summed E-state index contributed by atoms with van der Waals surface area (Å²) in [6, 6.07) is 51.0. The second kappa shape index (κ2) is 11.1. The monoisotopic (exact) mass is 599 g/mol. The highest BCUT2D eigenvalue weighted by Crippen LogP contribution is 2.46. The number of para-hydroxylation sites is 1. The molecule has 0 saturated carbocycles. The Morgan fingerprint density at radius 2 is 0.911 bits per heavy atom. The average molecular weight is 600 g/mol. The summed E-state index contributed by atoms with van der Waals surface area (Å²) in [5.41, 5.74) is 3.85. The van der Waals surface area contributed by atoms with Gasteiger partial charge in [-0.15, -0.1) is 0 Å². The molecule has 0 saturated heterocycles. The molecule has 0 aliphatic heterocycles. The van der Waals surface area contributed by atoms with E-state index in [0.29, 0.717) is 28.4 Å². The first-order chi connectivity index (χ1) is 22.2. The summed E-state index contributed by atoms with van der Waals surface area (Å²) in [5, 5.41) is 3.92. The molecule has 0 aliphatic carbocycles. The van der Waals surface area contributed by atoms with E-state index in [-0.39, 0.29) is 0 Å². The van der Waals surface area contributed by atoms with E-state index in [4.69, 9.17) is 19.4 Å². The van der Waals surface area contributed by atoms with Crippen LogP contribution in [0.2, 0.25) is 0 Å². The molecular weight excluding hydrogens is 573 g/mol. The molecule has 0 N–H and O–H groups in total. The minimum absolute atomic E-state index is 0.480. The topological polar surface area (TPSA) is 68.9 Å². The van der Waals surface area contributed by atoms with Gasteiger partial charge in [0.1, 0.15) is 11.2 Å². The molecule has 2 aromatic heterocycles. The summed E-state index contributed by atoms with van der Waals surface area (Å²) in [6.45, 7) is 0. The Balaban J connectivity index is 1.47. The number of aromatic nitrogens is 3. The van der Waals surface area contributed by atoms with Gasteiger partial charge in [-0.2, -0.15) is 0 Å². The smallest absolute Gasteiger partial charge is 0.171 e. The molecule has 5 nitrogen and oxygen atoms in total. The highest BCUT2D eigenvalue weighted by molar-refractivity contribution is 7.85. The van der Waals surface area contributed by atoms with Gasteiger partial charge in [-0.05, 0) is 18.2 Å². The number of furan rings is 1. The molecule has 8 rings (SSSR count). The van der Waals surface area contributed by atoms with Crippen LogP contribution in [0.1, 0.15) is 0 Å². The molecule has 214 valence electrons. The van der Waals surface area contributed by atoms with Crippen molar-refractivity contribution in [3.8, 4) is 34.2 Å². The van der Waals surface area contributed by atoms with Crippen molar-refractivity contribution < 1.29 is 8.98 Å². The van der Waals surface area contributed by atoms with Crippen LogP contribution in [0, 0.1) is 0 Å². The van der Waals surface area contributed by atoms with Crippen LogP contribution in [0.5, 0.6) is 0 Å². The average Bonchev–Trinajstić information content (AvgIpc) is 3.51. The Morgan fingerprint density at radius 3 is 1.47 bits per heavy atom. The quantitative estimate of drug-likeness (QED) is 0.180. The van der Waals surface area contributed by atoms with E-state index < -0.39 is 7.14 Å². The lowest BCUT2D eigenvalue weighted by Crippen LogP contribution is -2.25. The molecule has 2 heterocycles. The van der Waals surface area contributed by atoms with Crippen molar-refractivity contribution in [1.82, 2.24) is 15.0 Å². The molecule has 0 fully saturated rings. The molecule has 0 unspecified atom stereocenters. The zero-order valence-electron chi connectivity index (χ0n) is 24.1. The van der Waals surface area contributed by atoms with Crippen molar-refractivity contribution in [3.05, 3.63) is 158 Å². The number of hydrogen-bond acceptors (Lipinski definition) is 5. The van der Waals surface area contributed by atoms with Crippen molar-refractivity contribution in [1.29, 1.82) is 0 Å².